The van der Waals surface area contributed by atoms with E-state index in [0.29, 0.717) is 6.04 Å². The van der Waals surface area contributed by atoms with Crippen LogP contribution in [0.3, 0.4) is 0 Å². The zero-order valence-electron chi connectivity index (χ0n) is 13.0. The Morgan fingerprint density at radius 2 is 1.63 bits per heavy atom. The zero-order chi connectivity index (χ0) is 13.5. The van der Waals surface area contributed by atoms with Crippen LogP contribution in [0.25, 0.3) is 0 Å². The van der Waals surface area contributed by atoms with E-state index in [1.54, 1.807) is 0 Å². The van der Waals surface area contributed by atoms with Crippen molar-refractivity contribution in [1.29, 1.82) is 0 Å². The summed E-state index contributed by atoms with van der Waals surface area (Å²) in [6.45, 7) is 9.76. The quantitative estimate of drug-likeness (QED) is 0.770. The van der Waals surface area contributed by atoms with Gasteiger partial charge in [0.1, 0.15) is 0 Å². The third-order valence-corrected chi connectivity index (χ3v) is 5.10. The molecule has 3 nitrogen and oxygen atoms in total. The summed E-state index contributed by atoms with van der Waals surface area (Å²) in [6.07, 6.45) is 8.73. The van der Waals surface area contributed by atoms with Crippen molar-refractivity contribution in [2.75, 3.05) is 46.3 Å². The van der Waals surface area contributed by atoms with Crippen molar-refractivity contribution in [3.05, 3.63) is 0 Å². The second kappa shape index (κ2) is 8.23. The van der Waals surface area contributed by atoms with Gasteiger partial charge in [-0.1, -0.05) is 25.7 Å². The van der Waals surface area contributed by atoms with Crippen LogP contribution in [0.1, 0.15) is 45.4 Å². The van der Waals surface area contributed by atoms with Crippen molar-refractivity contribution in [3.8, 4) is 0 Å². The molecule has 112 valence electrons. The van der Waals surface area contributed by atoms with Gasteiger partial charge in [0.25, 0.3) is 0 Å². The van der Waals surface area contributed by atoms with Gasteiger partial charge in [-0.15, -0.1) is 0 Å². The number of likely N-dealkylation sites (N-methyl/N-ethyl adjacent to an activating group) is 1. The fourth-order valence-electron chi connectivity index (χ4n) is 3.50. The van der Waals surface area contributed by atoms with Crippen LogP contribution in [0.4, 0.5) is 0 Å². The number of hydrogen-bond donors (Lipinski definition) is 1. The van der Waals surface area contributed by atoms with E-state index in [4.69, 9.17) is 0 Å². The fraction of sp³-hybridized carbons (Fsp3) is 1.00. The van der Waals surface area contributed by atoms with Crippen LogP contribution in [-0.2, 0) is 0 Å². The Kier molecular flexibility index (Phi) is 6.62. The molecule has 2 rings (SSSR count). The molecule has 1 saturated carbocycles. The maximum atomic E-state index is 3.78. The Bertz CT molecular complexity index is 228. The first kappa shape index (κ1) is 15.3. The lowest BCUT2D eigenvalue weighted by Crippen LogP contribution is -2.47. The standard InChI is InChI=1S/C16H33N3/c1-15(16-7-5-3-4-6-8-16)17-9-10-19-13-11-18(2)12-14-19/h15-17H,3-14H2,1-2H3/t15-/m1/s1. The van der Waals surface area contributed by atoms with Gasteiger partial charge in [0.05, 0.1) is 0 Å². The Morgan fingerprint density at radius 3 is 2.26 bits per heavy atom. The molecule has 0 aromatic rings. The van der Waals surface area contributed by atoms with Crippen molar-refractivity contribution in [3.63, 3.8) is 0 Å². The molecular weight excluding hydrogens is 234 g/mol. The lowest BCUT2D eigenvalue weighted by atomic mass is 9.93. The SMILES string of the molecule is C[C@@H](NCCN1CCN(C)CC1)C1CCCCCC1. The molecule has 1 atom stereocenters. The van der Waals surface area contributed by atoms with Gasteiger partial charge in [-0.3, -0.25) is 4.90 Å². The highest BCUT2D eigenvalue weighted by Gasteiger charge is 2.19. The highest BCUT2D eigenvalue weighted by atomic mass is 15.2. The predicted octanol–water partition coefficient (Wildman–Crippen LogP) is 2.18. The Morgan fingerprint density at radius 1 is 1.00 bits per heavy atom. The molecule has 3 heteroatoms. The summed E-state index contributed by atoms with van der Waals surface area (Å²) in [4.78, 5) is 5.03. The van der Waals surface area contributed by atoms with Crippen LogP contribution in [-0.4, -0.2) is 62.2 Å². The van der Waals surface area contributed by atoms with E-state index in [9.17, 15) is 0 Å². The molecule has 1 heterocycles. The number of piperazine rings is 1. The van der Waals surface area contributed by atoms with E-state index in [2.05, 4.69) is 29.1 Å². The zero-order valence-corrected chi connectivity index (χ0v) is 13.0. The average Bonchev–Trinajstić information content (AvgIpc) is 2.70. The normalized spacial score (nSPS) is 26.2. The molecule has 1 saturated heterocycles. The predicted molar refractivity (Wildman–Crippen MR) is 82.6 cm³/mol. The van der Waals surface area contributed by atoms with Crippen molar-refractivity contribution < 1.29 is 0 Å². The molecule has 0 aromatic carbocycles. The van der Waals surface area contributed by atoms with Gasteiger partial charge in [-0.05, 0) is 32.7 Å². The monoisotopic (exact) mass is 267 g/mol. The molecule has 2 aliphatic rings. The van der Waals surface area contributed by atoms with Gasteiger partial charge in [0.15, 0.2) is 0 Å². The number of nitrogens with one attached hydrogen (secondary N) is 1. The summed E-state index contributed by atoms with van der Waals surface area (Å²) >= 11 is 0. The van der Waals surface area contributed by atoms with Gasteiger partial charge in [0, 0.05) is 45.3 Å². The van der Waals surface area contributed by atoms with E-state index in [-0.39, 0.29) is 0 Å². The van der Waals surface area contributed by atoms with Crippen LogP contribution in [0.5, 0.6) is 0 Å². The Hall–Kier alpha value is -0.120. The molecule has 1 N–H and O–H groups in total. The minimum atomic E-state index is 0.713. The van der Waals surface area contributed by atoms with Crippen LogP contribution in [0.15, 0.2) is 0 Å². The Labute approximate surface area is 119 Å². The van der Waals surface area contributed by atoms with Crippen LogP contribution in [0, 0.1) is 5.92 Å². The first-order valence-electron chi connectivity index (χ1n) is 8.40. The molecule has 19 heavy (non-hydrogen) atoms. The van der Waals surface area contributed by atoms with Crippen LogP contribution in [0.2, 0.25) is 0 Å². The smallest absolute Gasteiger partial charge is 0.0110 e. The molecule has 0 aromatic heterocycles. The van der Waals surface area contributed by atoms with E-state index >= 15 is 0 Å². The second-order valence-electron chi connectivity index (χ2n) is 6.64. The molecule has 2 fully saturated rings. The van der Waals surface area contributed by atoms with Crippen LogP contribution >= 0.6 is 0 Å². The lowest BCUT2D eigenvalue weighted by molar-refractivity contribution is 0.152. The average molecular weight is 267 g/mol. The summed E-state index contributed by atoms with van der Waals surface area (Å²) in [7, 11) is 2.23. The first-order valence-corrected chi connectivity index (χ1v) is 8.40. The van der Waals surface area contributed by atoms with Crippen molar-refractivity contribution >= 4 is 0 Å². The van der Waals surface area contributed by atoms with E-state index in [1.165, 1.54) is 77.8 Å². The molecule has 0 amide bonds. The molecular formula is C16H33N3. The minimum absolute atomic E-state index is 0.713. The first-order chi connectivity index (χ1) is 9.25. The van der Waals surface area contributed by atoms with Crippen molar-refractivity contribution in [2.24, 2.45) is 5.92 Å². The third kappa shape index (κ3) is 5.41. The lowest BCUT2D eigenvalue weighted by Gasteiger charge is -2.33. The highest BCUT2D eigenvalue weighted by Crippen LogP contribution is 2.25. The minimum Gasteiger partial charge on any atom is -0.313 e. The molecule has 0 unspecified atom stereocenters. The molecule has 0 bridgehead atoms. The van der Waals surface area contributed by atoms with Gasteiger partial charge < -0.3 is 10.2 Å². The van der Waals surface area contributed by atoms with Gasteiger partial charge in [-0.2, -0.15) is 0 Å². The topological polar surface area (TPSA) is 18.5 Å². The van der Waals surface area contributed by atoms with E-state index in [1.807, 2.05) is 0 Å². The molecule has 1 aliphatic carbocycles. The maximum Gasteiger partial charge on any atom is 0.0110 e. The van der Waals surface area contributed by atoms with Gasteiger partial charge in [-0.25, -0.2) is 0 Å². The van der Waals surface area contributed by atoms with Crippen LogP contribution < -0.4 is 5.32 Å². The van der Waals surface area contributed by atoms with E-state index in [0.717, 1.165) is 5.92 Å². The fourth-order valence-corrected chi connectivity index (χ4v) is 3.50. The largest absolute Gasteiger partial charge is 0.313 e. The maximum absolute atomic E-state index is 3.78. The molecule has 1 aliphatic heterocycles. The summed E-state index contributed by atoms with van der Waals surface area (Å²) in [5.74, 6) is 0.926. The summed E-state index contributed by atoms with van der Waals surface area (Å²) < 4.78 is 0. The Balaban J connectivity index is 1.59. The second-order valence-corrected chi connectivity index (χ2v) is 6.64. The van der Waals surface area contributed by atoms with Crippen molar-refractivity contribution in [2.45, 2.75) is 51.5 Å². The molecule has 0 spiro atoms. The summed E-state index contributed by atoms with van der Waals surface area (Å²) in [6, 6.07) is 0.713. The van der Waals surface area contributed by atoms with Gasteiger partial charge in [0.2, 0.25) is 0 Å². The van der Waals surface area contributed by atoms with E-state index < -0.39 is 0 Å². The number of nitrogens with zero attached hydrogens (tertiary/aromatic N) is 2. The third-order valence-electron chi connectivity index (χ3n) is 5.10. The highest BCUT2D eigenvalue weighted by molar-refractivity contribution is 4.76. The van der Waals surface area contributed by atoms with Crippen molar-refractivity contribution in [1.82, 2.24) is 15.1 Å². The van der Waals surface area contributed by atoms with Gasteiger partial charge >= 0.3 is 0 Å². The number of hydrogen-bond acceptors (Lipinski definition) is 3. The summed E-state index contributed by atoms with van der Waals surface area (Å²) in [5.41, 5.74) is 0. The summed E-state index contributed by atoms with van der Waals surface area (Å²) in [5, 5.41) is 3.78. The molecule has 0 radical (unpaired) electrons. The number of rotatable bonds is 5.